The third-order valence-corrected chi connectivity index (χ3v) is 7.18. The number of nitrogens with two attached hydrogens (primary N) is 1. The van der Waals surface area contributed by atoms with Gasteiger partial charge in [-0.2, -0.15) is 4.98 Å². The molecular weight excluding hydrogens is 506 g/mol. The monoisotopic (exact) mass is 536 g/mol. The highest BCUT2D eigenvalue weighted by molar-refractivity contribution is 9.10. The second-order valence-corrected chi connectivity index (χ2v) is 10.3. The highest BCUT2D eigenvalue weighted by Gasteiger charge is 2.29. The Morgan fingerprint density at radius 3 is 2.38 bits per heavy atom. The van der Waals surface area contributed by atoms with Crippen LogP contribution in [0.2, 0.25) is 0 Å². The van der Waals surface area contributed by atoms with Gasteiger partial charge in [-0.05, 0) is 69.4 Å². The summed E-state index contributed by atoms with van der Waals surface area (Å²) in [6.45, 7) is 0.178. The third-order valence-electron chi connectivity index (χ3n) is 6.72. The first-order valence-corrected chi connectivity index (χ1v) is 12.6. The molecule has 2 aliphatic carbocycles. The van der Waals surface area contributed by atoms with E-state index in [4.69, 9.17) is 15.7 Å². The summed E-state index contributed by atoms with van der Waals surface area (Å²) in [5, 5.41) is 3.50. The van der Waals surface area contributed by atoms with Crippen LogP contribution in [0.1, 0.15) is 49.8 Å². The number of anilines is 3. The van der Waals surface area contributed by atoms with E-state index in [0.717, 1.165) is 73.5 Å². The number of fused-ring (bicyclic) bond motifs is 1. The predicted octanol–water partition coefficient (Wildman–Crippen LogP) is 5.02. The molecule has 0 atom stereocenters. The van der Waals surface area contributed by atoms with Crippen molar-refractivity contribution in [3.8, 4) is 0 Å². The van der Waals surface area contributed by atoms with Gasteiger partial charge in [-0.15, -0.1) is 0 Å². The molecule has 34 heavy (non-hydrogen) atoms. The van der Waals surface area contributed by atoms with Crippen LogP contribution in [0, 0.1) is 17.6 Å². The minimum atomic E-state index is -0.862. The van der Waals surface area contributed by atoms with E-state index in [2.05, 4.69) is 21.2 Å². The summed E-state index contributed by atoms with van der Waals surface area (Å²) >= 11 is 3.06. The van der Waals surface area contributed by atoms with Crippen molar-refractivity contribution in [2.24, 2.45) is 11.7 Å². The summed E-state index contributed by atoms with van der Waals surface area (Å²) in [5.41, 5.74) is 7.49. The maximum atomic E-state index is 14.4. The van der Waals surface area contributed by atoms with Gasteiger partial charge in [0.2, 0.25) is 5.95 Å². The van der Waals surface area contributed by atoms with Crippen molar-refractivity contribution in [3.63, 3.8) is 0 Å². The van der Waals surface area contributed by atoms with Gasteiger partial charge in [0.15, 0.2) is 11.6 Å². The molecule has 7 nitrogen and oxygen atoms in total. The van der Waals surface area contributed by atoms with Gasteiger partial charge in [-0.25, -0.2) is 18.6 Å². The molecule has 0 radical (unpaired) electrons. The normalized spacial score (nSPS) is 19.9. The smallest absolute Gasteiger partial charge is 0.319 e. The Labute approximate surface area is 207 Å². The summed E-state index contributed by atoms with van der Waals surface area (Å²) < 4.78 is 29.2. The van der Waals surface area contributed by atoms with Gasteiger partial charge in [0.05, 0.1) is 5.69 Å². The number of hydrogen-bond acceptors (Lipinski definition) is 5. The molecule has 2 aliphatic rings. The zero-order valence-electron chi connectivity index (χ0n) is 19.6. The largest absolute Gasteiger partial charge is 0.362 e. The number of halogens is 3. The molecule has 3 N–H and O–H groups in total. The van der Waals surface area contributed by atoms with Crippen LogP contribution in [-0.4, -0.2) is 42.7 Å². The lowest BCUT2D eigenvalue weighted by Crippen LogP contribution is -2.42. The average Bonchev–Trinajstić information content (AvgIpc) is 2.78. The molecule has 2 aromatic rings. The topological polar surface area (TPSA) is 87.4 Å². The lowest BCUT2D eigenvalue weighted by molar-refractivity contribution is 0.250. The van der Waals surface area contributed by atoms with Crippen LogP contribution in [-0.2, 0) is 12.8 Å². The van der Waals surface area contributed by atoms with Crippen LogP contribution in [0.15, 0.2) is 16.6 Å². The molecule has 0 aliphatic heterocycles. The number of nitrogens with one attached hydrogen (secondary N) is 1. The first kappa shape index (κ1) is 24.6. The van der Waals surface area contributed by atoms with Crippen molar-refractivity contribution >= 4 is 39.4 Å². The minimum Gasteiger partial charge on any atom is -0.362 e. The van der Waals surface area contributed by atoms with Gasteiger partial charge < -0.3 is 16.0 Å². The summed E-state index contributed by atoms with van der Waals surface area (Å²) in [4.78, 5) is 24.7. The molecule has 4 rings (SSSR count). The van der Waals surface area contributed by atoms with Crippen LogP contribution in [0.3, 0.4) is 0 Å². The molecule has 0 unspecified atom stereocenters. The summed E-state index contributed by atoms with van der Waals surface area (Å²) in [5.74, 6) is 0.0986. The highest BCUT2D eigenvalue weighted by Crippen LogP contribution is 2.33. The van der Waals surface area contributed by atoms with E-state index in [-0.39, 0.29) is 23.0 Å². The number of rotatable bonds is 6. The summed E-state index contributed by atoms with van der Waals surface area (Å²) in [6.07, 6.45) is 7.61. The van der Waals surface area contributed by atoms with E-state index in [1.54, 1.807) is 0 Å². The van der Waals surface area contributed by atoms with Crippen LogP contribution in [0.4, 0.5) is 31.0 Å². The van der Waals surface area contributed by atoms with Gasteiger partial charge in [0, 0.05) is 36.7 Å². The first-order chi connectivity index (χ1) is 16.2. The number of amides is 2. The van der Waals surface area contributed by atoms with E-state index < -0.39 is 23.4 Å². The number of aryl methyl sites for hydroxylation is 1. The number of nitrogens with zero attached hydrogens (tertiary/aromatic N) is 4. The van der Waals surface area contributed by atoms with Crippen molar-refractivity contribution in [2.75, 3.05) is 35.8 Å². The SMILES string of the molecule is CN(C)c1nc(NC2CCC(CN(C(N)=O)c3c(F)cc(Br)cc3F)CC2)nc2c1CCCC2. The van der Waals surface area contributed by atoms with Gasteiger partial charge in [0.25, 0.3) is 0 Å². The zero-order chi connectivity index (χ0) is 24.4. The molecule has 1 fully saturated rings. The first-order valence-electron chi connectivity index (χ1n) is 11.8. The van der Waals surface area contributed by atoms with Gasteiger partial charge >= 0.3 is 6.03 Å². The van der Waals surface area contributed by atoms with Gasteiger partial charge in [-0.3, -0.25) is 4.90 Å². The molecule has 10 heteroatoms. The molecule has 1 saturated carbocycles. The number of primary amides is 1. The van der Waals surface area contributed by atoms with Gasteiger partial charge in [0.1, 0.15) is 11.5 Å². The molecular formula is C24H31BrF2N6O. The Morgan fingerprint density at radius 1 is 1.12 bits per heavy atom. The van der Waals surface area contributed by atoms with Crippen molar-refractivity contribution in [2.45, 2.75) is 57.4 Å². The fourth-order valence-corrected chi connectivity index (χ4v) is 5.42. The Bertz CT molecular complexity index is 1030. The molecule has 184 valence electrons. The standard InChI is InChI=1S/C24H31BrF2N6O/c1-32(2)22-17-5-3-4-6-20(17)30-24(31-22)29-16-9-7-14(8-10-16)13-33(23(28)34)21-18(26)11-15(25)12-19(21)27/h11-12,14,16H,3-10,13H2,1-2H3,(H2,28,34)(H,29,30,31). The van der Waals surface area contributed by atoms with Crippen LogP contribution in [0.5, 0.6) is 0 Å². The second kappa shape index (κ2) is 10.4. The van der Waals surface area contributed by atoms with Crippen LogP contribution < -0.4 is 20.9 Å². The lowest BCUT2D eigenvalue weighted by atomic mass is 9.85. The van der Waals surface area contributed by atoms with Crippen LogP contribution >= 0.6 is 15.9 Å². The average molecular weight is 537 g/mol. The second-order valence-electron chi connectivity index (χ2n) is 9.43. The van der Waals surface area contributed by atoms with E-state index in [9.17, 15) is 13.6 Å². The summed E-state index contributed by atoms with van der Waals surface area (Å²) in [6, 6.07) is 1.61. The lowest BCUT2D eigenvalue weighted by Gasteiger charge is -2.33. The fourth-order valence-electron chi connectivity index (χ4n) is 5.02. The Hall–Kier alpha value is -2.49. The van der Waals surface area contributed by atoms with Crippen molar-refractivity contribution in [1.82, 2.24) is 9.97 Å². The third kappa shape index (κ3) is 5.42. The quantitative estimate of drug-likeness (QED) is 0.541. The molecule has 1 aromatic heterocycles. The molecule has 1 aromatic carbocycles. The number of benzene rings is 1. The van der Waals surface area contributed by atoms with Crippen molar-refractivity contribution in [3.05, 3.63) is 39.5 Å². The molecule has 1 heterocycles. The molecule has 0 saturated heterocycles. The Morgan fingerprint density at radius 2 is 1.76 bits per heavy atom. The van der Waals surface area contributed by atoms with E-state index in [1.165, 1.54) is 12.0 Å². The minimum absolute atomic E-state index is 0.0924. The van der Waals surface area contributed by atoms with E-state index in [1.807, 2.05) is 19.0 Å². The number of urea groups is 1. The van der Waals surface area contributed by atoms with Crippen molar-refractivity contribution < 1.29 is 13.6 Å². The molecule has 0 bridgehead atoms. The Kier molecular flexibility index (Phi) is 7.54. The van der Waals surface area contributed by atoms with Crippen molar-refractivity contribution in [1.29, 1.82) is 0 Å². The number of carbonyl (C=O) groups is 1. The zero-order valence-corrected chi connectivity index (χ0v) is 21.2. The number of hydrogen-bond donors (Lipinski definition) is 2. The van der Waals surface area contributed by atoms with E-state index >= 15 is 0 Å². The number of aromatic nitrogens is 2. The van der Waals surface area contributed by atoms with Crippen LogP contribution in [0.25, 0.3) is 0 Å². The highest BCUT2D eigenvalue weighted by atomic mass is 79.9. The maximum Gasteiger partial charge on any atom is 0.319 e. The van der Waals surface area contributed by atoms with Gasteiger partial charge in [-0.1, -0.05) is 15.9 Å². The number of carbonyl (C=O) groups excluding carboxylic acids is 1. The fraction of sp³-hybridized carbons (Fsp3) is 0.542. The predicted molar refractivity (Wildman–Crippen MR) is 133 cm³/mol. The molecule has 0 spiro atoms. The van der Waals surface area contributed by atoms with E-state index in [0.29, 0.717) is 5.95 Å². The molecule has 2 amide bonds. The Balaban J connectivity index is 1.41. The maximum absolute atomic E-state index is 14.4. The summed E-state index contributed by atoms with van der Waals surface area (Å²) in [7, 11) is 4.02.